The maximum atomic E-state index is 12.3. The molecule has 2 amide bonds. The van der Waals surface area contributed by atoms with E-state index in [2.05, 4.69) is 19.2 Å². The molecule has 2 rings (SSSR count). The summed E-state index contributed by atoms with van der Waals surface area (Å²) in [5.41, 5.74) is 1.23. The molecule has 1 aliphatic heterocycles. The van der Waals surface area contributed by atoms with Crippen molar-refractivity contribution in [1.82, 2.24) is 5.32 Å². The van der Waals surface area contributed by atoms with Crippen LogP contribution in [-0.4, -0.2) is 18.4 Å². The Labute approximate surface area is 126 Å². The van der Waals surface area contributed by atoms with Crippen molar-refractivity contribution in [1.29, 1.82) is 0 Å². The van der Waals surface area contributed by atoms with Gasteiger partial charge in [0, 0.05) is 12.5 Å². The summed E-state index contributed by atoms with van der Waals surface area (Å²) in [5.74, 6) is -0.229. The Kier molecular flexibility index (Phi) is 4.47. The Morgan fingerprint density at radius 2 is 1.86 bits per heavy atom. The number of rotatable bonds is 5. The fraction of sp³-hybridized carbons (Fsp3) is 0.529. The summed E-state index contributed by atoms with van der Waals surface area (Å²) in [6, 6.07) is 7.94. The van der Waals surface area contributed by atoms with Crippen LogP contribution in [0.15, 0.2) is 24.3 Å². The van der Waals surface area contributed by atoms with E-state index in [-0.39, 0.29) is 24.3 Å². The topological polar surface area (TPSA) is 49.4 Å². The first kappa shape index (κ1) is 15.7. The third kappa shape index (κ3) is 3.16. The van der Waals surface area contributed by atoms with Crippen LogP contribution in [0.3, 0.4) is 0 Å². The van der Waals surface area contributed by atoms with E-state index >= 15 is 0 Å². The number of imide groups is 1. The highest BCUT2D eigenvalue weighted by Crippen LogP contribution is 2.35. The summed E-state index contributed by atoms with van der Waals surface area (Å²) in [6.07, 6.45) is 1.37. The highest BCUT2D eigenvalue weighted by atomic mass is 16.2. The van der Waals surface area contributed by atoms with Crippen LogP contribution in [0, 0.1) is 5.41 Å². The van der Waals surface area contributed by atoms with E-state index in [1.807, 2.05) is 38.1 Å². The van der Waals surface area contributed by atoms with Crippen LogP contribution >= 0.6 is 0 Å². The molecule has 1 saturated heterocycles. The second-order valence-corrected chi connectivity index (χ2v) is 6.36. The van der Waals surface area contributed by atoms with Gasteiger partial charge in [-0.1, -0.05) is 32.9 Å². The molecule has 0 bridgehead atoms. The lowest BCUT2D eigenvalue weighted by atomic mass is 9.92. The molecule has 1 fully saturated rings. The van der Waals surface area contributed by atoms with Gasteiger partial charge in [0.1, 0.15) is 0 Å². The Morgan fingerprint density at radius 1 is 1.24 bits per heavy atom. The largest absolute Gasteiger partial charge is 0.310 e. The monoisotopic (exact) mass is 288 g/mol. The van der Waals surface area contributed by atoms with Crippen LogP contribution in [0.2, 0.25) is 0 Å². The van der Waals surface area contributed by atoms with Crippen molar-refractivity contribution in [3.63, 3.8) is 0 Å². The average Bonchev–Trinajstić information content (AvgIpc) is 2.65. The standard InChI is InChI=1S/C17H24N2O2/c1-5-10-18-12(2)13-6-8-14(9-7-13)19-15(20)11-17(3,4)16(19)21/h6-9,12,18H,5,10-11H2,1-4H3. The summed E-state index contributed by atoms with van der Waals surface area (Å²) >= 11 is 0. The van der Waals surface area contributed by atoms with Crippen LogP contribution in [0.1, 0.15) is 52.1 Å². The lowest BCUT2D eigenvalue weighted by Gasteiger charge is -2.19. The molecule has 21 heavy (non-hydrogen) atoms. The van der Waals surface area contributed by atoms with Crippen LogP contribution in [0.5, 0.6) is 0 Å². The van der Waals surface area contributed by atoms with E-state index in [9.17, 15) is 9.59 Å². The highest BCUT2D eigenvalue weighted by molar-refractivity contribution is 6.22. The van der Waals surface area contributed by atoms with E-state index in [0.29, 0.717) is 5.69 Å². The van der Waals surface area contributed by atoms with Gasteiger partial charge in [0.15, 0.2) is 0 Å². The first-order valence-corrected chi connectivity index (χ1v) is 7.57. The van der Waals surface area contributed by atoms with Gasteiger partial charge in [0.25, 0.3) is 0 Å². The number of anilines is 1. The van der Waals surface area contributed by atoms with Crippen molar-refractivity contribution >= 4 is 17.5 Å². The SMILES string of the molecule is CCCNC(C)c1ccc(N2C(=O)CC(C)(C)C2=O)cc1. The summed E-state index contributed by atoms with van der Waals surface area (Å²) in [7, 11) is 0. The molecule has 1 unspecified atom stereocenters. The lowest BCUT2D eigenvalue weighted by molar-refractivity contribution is -0.124. The molecule has 0 aromatic heterocycles. The zero-order valence-corrected chi connectivity index (χ0v) is 13.3. The minimum Gasteiger partial charge on any atom is -0.310 e. The molecule has 1 aromatic rings. The molecular formula is C17H24N2O2. The van der Waals surface area contributed by atoms with Crippen LogP contribution < -0.4 is 10.2 Å². The summed E-state index contributed by atoms with van der Waals surface area (Å²) < 4.78 is 0. The molecule has 1 heterocycles. The molecule has 4 nitrogen and oxygen atoms in total. The van der Waals surface area contributed by atoms with E-state index in [0.717, 1.165) is 18.5 Å². The van der Waals surface area contributed by atoms with Crippen molar-refractivity contribution in [2.45, 2.75) is 46.6 Å². The molecule has 114 valence electrons. The van der Waals surface area contributed by atoms with E-state index in [1.54, 1.807) is 0 Å². The third-order valence-corrected chi connectivity index (χ3v) is 3.98. The zero-order chi connectivity index (χ0) is 15.6. The lowest BCUT2D eigenvalue weighted by Crippen LogP contribution is -2.32. The molecule has 0 aliphatic carbocycles. The molecule has 1 N–H and O–H groups in total. The second kappa shape index (κ2) is 5.98. The fourth-order valence-electron chi connectivity index (χ4n) is 2.60. The Hall–Kier alpha value is -1.68. The molecule has 4 heteroatoms. The number of nitrogens with zero attached hydrogens (tertiary/aromatic N) is 1. The maximum absolute atomic E-state index is 12.3. The normalized spacial score (nSPS) is 19.1. The predicted octanol–water partition coefficient (Wildman–Crippen LogP) is 3.04. The number of amides is 2. The van der Waals surface area contributed by atoms with E-state index < -0.39 is 5.41 Å². The smallest absolute Gasteiger partial charge is 0.239 e. The number of benzene rings is 1. The minimum atomic E-state index is -0.592. The summed E-state index contributed by atoms with van der Waals surface area (Å²) in [4.78, 5) is 25.7. The number of nitrogens with one attached hydrogen (secondary N) is 1. The molecule has 0 spiro atoms. The molecule has 0 radical (unpaired) electrons. The molecular weight excluding hydrogens is 264 g/mol. The number of hydrogen-bond acceptors (Lipinski definition) is 3. The summed E-state index contributed by atoms with van der Waals surface area (Å²) in [5, 5.41) is 3.42. The van der Waals surface area contributed by atoms with Gasteiger partial charge >= 0.3 is 0 Å². The van der Waals surface area contributed by atoms with Crippen LogP contribution in [-0.2, 0) is 9.59 Å². The predicted molar refractivity (Wildman–Crippen MR) is 84.0 cm³/mol. The third-order valence-electron chi connectivity index (χ3n) is 3.98. The van der Waals surface area contributed by atoms with Crippen LogP contribution in [0.4, 0.5) is 5.69 Å². The van der Waals surface area contributed by atoms with Crippen molar-refractivity contribution < 1.29 is 9.59 Å². The van der Waals surface area contributed by atoms with Gasteiger partial charge in [-0.25, -0.2) is 0 Å². The quantitative estimate of drug-likeness (QED) is 0.847. The van der Waals surface area contributed by atoms with Crippen molar-refractivity contribution in [2.24, 2.45) is 5.41 Å². The zero-order valence-electron chi connectivity index (χ0n) is 13.3. The number of carbonyl (C=O) groups excluding carboxylic acids is 2. The summed E-state index contributed by atoms with van der Waals surface area (Å²) in [6.45, 7) is 8.85. The Balaban J connectivity index is 2.16. The van der Waals surface area contributed by atoms with Gasteiger partial charge in [-0.2, -0.15) is 0 Å². The first-order valence-electron chi connectivity index (χ1n) is 7.57. The van der Waals surface area contributed by atoms with Crippen molar-refractivity contribution in [2.75, 3.05) is 11.4 Å². The Bertz CT molecular complexity index is 534. The minimum absolute atomic E-state index is 0.114. The molecule has 1 aromatic carbocycles. The molecule has 0 saturated carbocycles. The number of carbonyl (C=O) groups is 2. The van der Waals surface area contributed by atoms with Crippen LogP contribution in [0.25, 0.3) is 0 Å². The second-order valence-electron chi connectivity index (χ2n) is 6.36. The van der Waals surface area contributed by atoms with Gasteiger partial charge in [-0.05, 0) is 37.6 Å². The Morgan fingerprint density at radius 3 is 2.33 bits per heavy atom. The molecule has 1 aliphatic rings. The van der Waals surface area contributed by atoms with Gasteiger partial charge in [-0.15, -0.1) is 0 Å². The highest BCUT2D eigenvalue weighted by Gasteiger charge is 2.45. The van der Waals surface area contributed by atoms with E-state index in [1.165, 1.54) is 4.90 Å². The average molecular weight is 288 g/mol. The van der Waals surface area contributed by atoms with Gasteiger partial charge in [-0.3, -0.25) is 14.5 Å². The maximum Gasteiger partial charge on any atom is 0.239 e. The van der Waals surface area contributed by atoms with E-state index in [4.69, 9.17) is 0 Å². The van der Waals surface area contributed by atoms with Gasteiger partial charge in [0.2, 0.25) is 11.8 Å². The van der Waals surface area contributed by atoms with Gasteiger partial charge < -0.3 is 5.32 Å². The number of hydrogen-bond donors (Lipinski definition) is 1. The van der Waals surface area contributed by atoms with Crippen molar-refractivity contribution in [3.8, 4) is 0 Å². The molecule has 1 atom stereocenters. The van der Waals surface area contributed by atoms with Gasteiger partial charge in [0.05, 0.1) is 11.1 Å². The van der Waals surface area contributed by atoms with Crippen molar-refractivity contribution in [3.05, 3.63) is 29.8 Å². The first-order chi connectivity index (χ1) is 9.86. The fourth-order valence-corrected chi connectivity index (χ4v) is 2.60.